The molecule has 0 bridgehead atoms. The van der Waals surface area contributed by atoms with Gasteiger partial charge in [0, 0.05) is 29.8 Å². The minimum atomic E-state index is -0.683. The van der Waals surface area contributed by atoms with Crippen LogP contribution in [-0.2, 0) is 24.3 Å². The summed E-state index contributed by atoms with van der Waals surface area (Å²) < 4.78 is 13.9. The molecule has 0 unspecified atom stereocenters. The molecular weight excluding hydrogens is 452 g/mol. The number of nitrogens with two attached hydrogens (primary N) is 1. The lowest BCUT2D eigenvalue weighted by molar-refractivity contribution is -0.0476. The standard InChI is InChI=1S/C25H24N4O6/c26-16-3-1-2-14(6-16)11-29-12-17(27-28-29)13-34-24-10-19-21(32)8-18(30)9-23(19)35-25(24)15-4-5-20(31)22(33)7-15/h1-9,12,24-25,30-33H,10-11,13,26H2/t24-,25-/m1/s1. The number of anilines is 1. The molecule has 0 saturated heterocycles. The number of hydrogen-bond acceptors (Lipinski definition) is 9. The molecule has 0 spiro atoms. The predicted molar refractivity (Wildman–Crippen MR) is 125 cm³/mol. The third-order valence-electron chi connectivity index (χ3n) is 5.82. The Labute approximate surface area is 200 Å². The van der Waals surface area contributed by atoms with E-state index in [0.29, 0.717) is 34.8 Å². The minimum absolute atomic E-state index is 0.103. The summed E-state index contributed by atoms with van der Waals surface area (Å²) in [5.74, 6) is -0.472. The smallest absolute Gasteiger partial charge is 0.157 e. The van der Waals surface area contributed by atoms with Crippen molar-refractivity contribution in [1.29, 1.82) is 0 Å². The fraction of sp³-hybridized carbons (Fsp3) is 0.200. The number of ether oxygens (including phenoxy) is 2. The van der Waals surface area contributed by atoms with Gasteiger partial charge in [-0.15, -0.1) is 5.10 Å². The molecule has 5 rings (SSSR count). The normalized spacial score (nSPS) is 17.0. The van der Waals surface area contributed by atoms with Gasteiger partial charge in [0.2, 0.25) is 0 Å². The summed E-state index contributed by atoms with van der Waals surface area (Å²) >= 11 is 0. The SMILES string of the molecule is Nc1cccc(Cn2cc(CO[C@@H]3Cc4c(O)cc(O)cc4O[C@@H]3c3ccc(O)c(O)c3)nn2)c1. The zero-order valence-electron chi connectivity index (χ0n) is 18.6. The summed E-state index contributed by atoms with van der Waals surface area (Å²) in [7, 11) is 0. The summed E-state index contributed by atoms with van der Waals surface area (Å²) in [5.41, 5.74) is 9.16. The number of fused-ring (bicyclic) bond motifs is 1. The van der Waals surface area contributed by atoms with Gasteiger partial charge >= 0.3 is 0 Å². The second kappa shape index (κ2) is 9.07. The zero-order valence-corrected chi connectivity index (χ0v) is 18.6. The van der Waals surface area contributed by atoms with Crippen molar-refractivity contribution in [3.8, 4) is 28.7 Å². The first-order valence-electron chi connectivity index (χ1n) is 10.9. The molecule has 2 heterocycles. The van der Waals surface area contributed by atoms with Gasteiger partial charge in [0.25, 0.3) is 0 Å². The zero-order chi connectivity index (χ0) is 24.5. The molecule has 1 aliphatic heterocycles. The number of aromatic nitrogens is 3. The quantitative estimate of drug-likeness (QED) is 0.208. The highest BCUT2D eigenvalue weighted by Crippen LogP contribution is 2.43. The van der Waals surface area contributed by atoms with Gasteiger partial charge in [-0.3, -0.25) is 0 Å². The lowest BCUT2D eigenvalue weighted by atomic mass is 9.93. The molecular formula is C25H24N4O6. The third kappa shape index (κ3) is 4.78. The van der Waals surface area contributed by atoms with Crippen LogP contribution in [0.3, 0.4) is 0 Å². The Balaban J connectivity index is 1.36. The van der Waals surface area contributed by atoms with Crippen LogP contribution in [0.25, 0.3) is 0 Å². The van der Waals surface area contributed by atoms with Gasteiger partial charge in [-0.1, -0.05) is 23.4 Å². The molecule has 0 saturated carbocycles. The summed E-state index contributed by atoms with van der Waals surface area (Å²) in [6.45, 7) is 0.629. The van der Waals surface area contributed by atoms with Crippen LogP contribution in [0.1, 0.15) is 28.5 Å². The van der Waals surface area contributed by atoms with Crippen molar-refractivity contribution >= 4 is 5.69 Å². The topological polar surface area (TPSA) is 156 Å². The van der Waals surface area contributed by atoms with Gasteiger partial charge in [0.15, 0.2) is 17.6 Å². The summed E-state index contributed by atoms with van der Waals surface area (Å²) in [6.07, 6.45) is 0.807. The van der Waals surface area contributed by atoms with Crippen molar-refractivity contribution in [3.05, 3.63) is 83.2 Å². The third-order valence-corrected chi connectivity index (χ3v) is 5.82. The number of phenols is 4. The van der Waals surface area contributed by atoms with Crippen molar-refractivity contribution in [2.45, 2.75) is 31.8 Å². The van der Waals surface area contributed by atoms with E-state index in [-0.39, 0.29) is 36.0 Å². The Kier molecular flexibility index (Phi) is 5.79. The van der Waals surface area contributed by atoms with Gasteiger partial charge in [-0.25, -0.2) is 4.68 Å². The molecule has 0 amide bonds. The number of phenolic OH excluding ortho intramolecular Hbond substituents is 4. The highest BCUT2D eigenvalue weighted by Gasteiger charge is 2.34. The van der Waals surface area contributed by atoms with E-state index in [1.54, 1.807) is 16.9 Å². The molecule has 3 aromatic carbocycles. The molecule has 35 heavy (non-hydrogen) atoms. The van der Waals surface area contributed by atoms with Crippen LogP contribution in [-0.4, -0.2) is 41.5 Å². The van der Waals surface area contributed by atoms with Gasteiger partial charge in [-0.2, -0.15) is 0 Å². The predicted octanol–water partition coefficient (Wildman–Crippen LogP) is 2.99. The molecule has 180 valence electrons. The van der Waals surface area contributed by atoms with Crippen LogP contribution < -0.4 is 10.5 Å². The van der Waals surface area contributed by atoms with Crippen LogP contribution in [0.4, 0.5) is 5.69 Å². The first-order valence-corrected chi connectivity index (χ1v) is 10.9. The molecule has 0 fully saturated rings. The van der Waals surface area contributed by atoms with Crippen LogP contribution in [0.5, 0.6) is 28.7 Å². The van der Waals surface area contributed by atoms with E-state index in [2.05, 4.69) is 10.3 Å². The van der Waals surface area contributed by atoms with Gasteiger partial charge in [0.1, 0.15) is 29.0 Å². The van der Waals surface area contributed by atoms with Crippen molar-refractivity contribution in [2.75, 3.05) is 5.73 Å². The van der Waals surface area contributed by atoms with Crippen molar-refractivity contribution < 1.29 is 29.9 Å². The molecule has 0 aliphatic carbocycles. The average molecular weight is 476 g/mol. The van der Waals surface area contributed by atoms with Gasteiger partial charge in [-0.05, 0) is 35.4 Å². The monoisotopic (exact) mass is 476 g/mol. The Morgan fingerprint density at radius 1 is 1.00 bits per heavy atom. The van der Waals surface area contributed by atoms with Crippen LogP contribution in [0.15, 0.2) is 60.8 Å². The molecule has 10 nitrogen and oxygen atoms in total. The average Bonchev–Trinajstić information content (AvgIpc) is 3.26. The van der Waals surface area contributed by atoms with E-state index in [4.69, 9.17) is 15.2 Å². The summed E-state index contributed by atoms with van der Waals surface area (Å²) in [5, 5.41) is 48.2. The fourth-order valence-electron chi connectivity index (χ4n) is 4.15. The lowest BCUT2D eigenvalue weighted by Crippen LogP contribution is -2.33. The Morgan fingerprint density at radius 3 is 2.66 bits per heavy atom. The van der Waals surface area contributed by atoms with Crippen LogP contribution in [0.2, 0.25) is 0 Å². The largest absolute Gasteiger partial charge is 0.508 e. The highest BCUT2D eigenvalue weighted by atomic mass is 16.5. The van der Waals surface area contributed by atoms with Crippen LogP contribution in [0, 0.1) is 0 Å². The second-order valence-electron chi connectivity index (χ2n) is 8.43. The van der Waals surface area contributed by atoms with Crippen LogP contribution >= 0.6 is 0 Å². The van der Waals surface area contributed by atoms with E-state index in [1.165, 1.54) is 24.3 Å². The lowest BCUT2D eigenvalue weighted by Gasteiger charge is -2.34. The molecule has 0 radical (unpaired) electrons. The van der Waals surface area contributed by atoms with Crippen molar-refractivity contribution in [1.82, 2.24) is 15.0 Å². The molecule has 1 aliphatic rings. The maximum Gasteiger partial charge on any atom is 0.157 e. The highest BCUT2D eigenvalue weighted by molar-refractivity contribution is 5.52. The van der Waals surface area contributed by atoms with E-state index in [1.807, 2.05) is 24.3 Å². The number of nitrogens with zero attached hydrogens (tertiary/aromatic N) is 3. The molecule has 6 N–H and O–H groups in total. The maximum atomic E-state index is 10.3. The Hall–Kier alpha value is -4.44. The number of benzene rings is 3. The summed E-state index contributed by atoms with van der Waals surface area (Å²) in [4.78, 5) is 0. The Bertz CT molecular complexity index is 1370. The van der Waals surface area contributed by atoms with E-state index in [0.717, 1.165) is 5.56 Å². The number of aromatic hydroxyl groups is 4. The van der Waals surface area contributed by atoms with Crippen molar-refractivity contribution in [2.24, 2.45) is 0 Å². The van der Waals surface area contributed by atoms with E-state index >= 15 is 0 Å². The molecule has 4 aromatic rings. The first kappa shape index (κ1) is 22.4. The fourth-order valence-corrected chi connectivity index (χ4v) is 4.15. The molecule has 2 atom stereocenters. The van der Waals surface area contributed by atoms with E-state index < -0.39 is 12.2 Å². The Morgan fingerprint density at radius 2 is 1.86 bits per heavy atom. The molecule has 10 heteroatoms. The van der Waals surface area contributed by atoms with E-state index in [9.17, 15) is 20.4 Å². The summed E-state index contributed by atoms with van der Waals surface area (Å²) in [6, 6.07) is 14.6. The number of hydrogen-bond donors (Lipinski definition) is 5. The number of rotatable bonds is 6. The van der Waals surface area contributed by atoms with Gasteiger partial charge in [0.05, 0.1) is 19.3 Å². The number of nitrogen functional groups attached to an aromatic ring is 1. The van der Waals surface area contributed by atoms with Crippen molar-refractivity contribution in [3.63, 3.8) is 0 Å². The molecule has 1 aromatic heterocycles. The second-order valence-corrected chi connectivity index (χ2v) is 8.43. The van der Waals surface area contributed by atoms with Gasteiger partial charge < -0.3 is 35.6 Å². The first-order chi connectivity index (χ1) is 16.9. The minimum Gasteiger partial charge on any atom is -0.508 e. The maximum absolute atomic E-state index is 10.3.